The van der Waals surface area contributed by atoms with Crippen LogP contribution in [0.15, 0.2) is 48.6 Å². The van der Waals surface area contributed by atoms with Gasteiger partial charge in [0.1, 0.15) is 0 Å². The number of rotatable bonds is 2. The number of benzene rings is 1. The van der Waals surface area contributed by atoms with Crippen LogP contribution in [0.5, 0.6) is 0 Å². The maximum absolute atomic E-state index is 11.3. The fourth-order valence-electron chi connectivity index (χ4n) is 1.62. The van der Waals surface area contributed by atoms with Gasteiger partial charge in [-0.25, -0.2) is 8.42 Å². The summed E-state index contributed by atoms with van der Waals surface area (Å²) in [6.45, 7) is 0. The van der Waals surface area contributed by atoms with Crippen LogP contribution < -0.4 is 0 Å². The van der Waals surface area contributed by atoms with E-state index in [1.807, 2.05) is 30.3 Å². The SMILES string of the molecule is O=S(=O)(Cl)C1(Cl)C=CC(c2ccccc2)=CC1. The lowest BCUT2D eigenvalue weighted by Gasteiger charge is -2.22. The van der Waals surface area contributed by atoms with Crippen LogP contribution in [0.4, 0.5) is 0 Å². The second kappa shape index (κ2) is 4.48. The van der Waals surface area contributed by atoms with Gasteiger partial charge in [-0.15, -0.1) is 0 Å². The average Bonchev–Trinajstić information content (AvgIpc) is 2.30. The van der Waals surface area contributed by atoms with E-state index in [0.29, 0.717) is 0 Å². The van der Waals surface area contributed by atoms with E-state index < -0.39 is 13.3 Å². The summed E-state index contributed by atoms with van der Waals surface area (Å²) < 4.78 is 21.1. The minimum atomic E-state index is -3.82. The Labute approximate surface area is 110 Å². The number of hydrogen-bond donors (Lipinski definition) is 0. The van der Waals surface area contributed by atoms with E-state index in [4.69, 9.17) is 22.3 Å². The van der Waals surface area contributed by atoms with Gasteiger partial charge in [-0.3, -0.25) is 0 Å². The number of hydrogen-bond acceptors (Lipinski definition) is 2. The van der Waals surface area contributed by atoms with Crippen LogP contribution in [0, 0.1) is 0 Å². The zero-order chi connectivity index (χ0) is 12.5. The van der Waals surface area contributed by atoms with Crippen molar-refractivity contribution in [3.63, 3.8) is 0 Å². The van der Waals surface area contributed by atoms with E-state index in [0.717, 1.165) is 11.1 Å². The van der Waals surface area contributed by atoms with Gasteiger partial charge < -0.3 is 0 Å². The van der Waals surface area contributed by atoms with Crippen molar-refractivity contribution in [2.45, 2.75) is 10.6 Å². The molecule has 0 bridgehead atoms. The van der Waals surface area contributed by atoms with Crippen LogP contribution in [0.1, 0.15) is 12.0 Å². The minimum absolute atomic E-state index is 0.168. The second-order valence-electron chi connectivity index (χ2n) is 3.79. The molecule has 0 N–H and O–H groups in total. The molecule has 1 aliphatic rings. The first kappa shape index (κ1) is 12.7. The zero-order valence-electron chi connectivity index (χ0n) is 8.81. The van der Waals surface area contributed by atoms with E-state index >= 15 is 0 Å². The summed E-state index contributed by atoms with van der Waals surface area (Å²) in [7, 11) is 1.48. The van der Waals surface area contributed by atoms with Crippen LogP contribution >= 0.6 is 22.3 Å². The lowest BCUT2D eigenvalue weighted by Crippen LogP contribution is -2.27. The molecule has 0 aromatic heterocycles. The Morgan fingerprint density at radius 3 is 2.29 bits per heavy atom. The monoisotopic (exact) mass is 288 g/mol. The van der Waals surface area contributed by atoms with E-state index in [9.17, 15) is 8.42 Å². The number of halogens is 2. The van der Waals surface area contributed by atoms with Crippen molar-refractivity contribution in [2.24, 2.45) is 0 Å². The van der Waals surface area contributed by atoms with Crippen molar-refractivity contribution in [3.05, 3.63) is 54.1 Å². The Balaban J connectivity index is 2.29. The Morgan fingerprint density at radius 1 is 1.18 bits per heavy atom. The van der Waals surface area contributed by atoms with Gasteiger partial charge in [0.15, 0.2) is 4.21 Å². The average molecular weight is 289 g/mol. The fraction of sp³-hybridized carbons (Fsp3) is 0.167. The van der Waals surface area contributed by atoms with Crippen molar-refractivity contribution in [3.8, 4) is 0 Å². The van der Waals surface area contributed by atoms with E-state index in [-0.39, 0.29) is 6.42 Å². The molecule has 90 valence electrons. The summed E-state index contributed by atoms with van der Waals surface area (Å²) >= 11 is 5.95. The molecule has 0 heterocycles. The molecule has 0 radical (unpaired) electrons. The first-order valence-corrected chi connectivity index (χ1v) is 7.69. The topological polar surface area (TPSA) is 34.1 Å². The summed E-state index contributed by atoms with van der Waals surface area (Å²) in [6.07, 6.45) is 5.06. The highest BCUT2D eigenvalue weighted by molar-refractivity contribution is 8.15. The molecule has 1 aromatic carbocycles. The van der Waals surface area contributed by atoms with Crippen LogP contribution in [-0.2, 0) is 9.05 Å². The molecule has 0 saturated heterocycles. The molecule has 0 aliphatic heterocycles. The smallest absolute Gasteiger partial charge is 0.210 e. The standard InChI is InChI=1S/C12H10Cl2O2S/c13-12(17(14,15)16)8-6-11(7-9-12)10-4-2-1-3-5-10/h1-8H,9H2. The van der Waals surface area contributed by atoms with Gasteiger partial charge in [0.2, 0.25) is 0 Å². The summed E-state index contributed by atoms with van der Waals surface area (Å²) in [5, 5.41) is 0. The summed E-state index contributed by atoms with van der Waals surface area (Å²) in [5.74, 6) is 0. The molecule has 0 saturated carbocycles. The third kappa shape index (κ3) is 2.57. The minimum Gasteiger partial charge on any atom is -0.210 e. The summed E-state index contributed by atoms with van der Waals surface area (Å²) in [6, 6.07) is 9.67. The fourth-order valence-corrected chi connectivity index (χ4v) is 2.62. The molecule has 2 rings (SSSR count). The van der Waals surface area contributed by atoms with E-state index in [1.54, 1.807) is 12.2 Å². The first-order valence-electron chi connectivity index (χ1n) is 5.00. The molecule has 0 spiro atoms. The molecule has 1 atom stereocenters. The molecule has 5 heteroatoms. The van der Waals surface area contributed by atoms with Crippen molar-refractivity contribution in [1.29, 1.82) is 0 Å². The van der Waals surface area contributed by atoms with E-state index in [1.165, 1.54) is 6.08 Å². The Morgan fingerprint density at radius 2 is 1.82 bits per heavy atom. The highest BCUT2D eigenvalue weighted by Gasteiger charge is 2.38. The highest BCUT2D eigenvalue weighted by Crippen LogP contribution is 2.37. The third-order valence-corrected chi connectivity index (χ3v) is 5.69. The number of allylic oxidation sites excluding steroid dienone is 3. The van der Waals surface area contributed by atoms with Crippen LogP contribution in [0.25, 0.3) is 5.57 Å². The molecule has 0 amide bonds. The Hall–Kier alpha value is -0.770. The normalized spacial score (nSPS) is 24.5. The Kier molecular flexibility index (Phi) is 3.34. The molecule has 1 aromatic rings. The van der Waals surface area contributed by atoms with Crippen molar-refractivity contribution >= 4 is 36.9 Å². The summed E-state index contributed by atoms with van der Waals surface area (Å²) in [4.78, 5) is 0. The number of alkyl halides is 1. The van der Waals surface area contributed by atoms with Crippen molar-refractivity contribution in [1.82, 2.24) is 0 Å². The predicted molar refractivity (Wildman–Crippen MR) is 71.5 cm³/mol. The lowest BCUT2D eigenvalue weighted by atomic mass is 9.99. The maximum atomic E-state index is 11.3. The van der Waals surface area contributed by atoms with Crippen LogP contribution in [0.3, 0.4) is 0 Å². The first-order chi connectivity index (χ1) is 7.92. The van der Waals surface area contributed by atoms with Crippen LogP contribution in [0.2, 0.25) is 0 Å². The van der Waals surface area contributed by atoms with Gasteiger partial charge in [-0.05, 0) is 17.2 Å². The van der Waals surface area contributed by atoms with Gasteiger partial charge in [0, 0.05) is 17.1 Å². The molecule has 1 unspecified atom stereocenters. The van der Waals surface area contributed by atoms with Crippen LogP contribution in [-0.4, -0.2) is 12.6 Å². The highest BCUT2D eigenvalue weighted by atomic mass is 35.7. The van der Waals surface area contributed by atoms with Gasteiger partial charge in [0.25, 0.3) is 9.05 Å². The molecular weight excluding hydrogens is 279 g/mol. The molecular formula is C12H10Cl2O2S. The molecule has 17 heavy (non-hydrogen) atoms. The largest absolute Gasteiger partial charge is 0.256 e. The molecule has 0 fully saturated rings. The summed E-state index contributed by atoms with van der Waals surface area (Å²) in [5.41, 5.74) is 1.97. The van der Waals surface area contributed by atoms with Gasteiger partial charge in [0.05, 0.1) is 0 Å². The second-order valence-corrected chi connectivity index (χ2v) is 7.51. The van der Waals surface area contributed by atoms with Gasteiger partial charge in [-0.1, -0.05) is 54.1 Å². The Bertz CT molecular complexity index is 576. The molecule has 1 aliphatic carbocycles. The quantitative estimate of drug-likeness (QED) is 0.616. The van der Waals surface area contributed by atoms with Gasteiger partial charge >= 0.3 is 0 Å². The molecule has 2 nitrogen and oxygen atoms in total. The van der Waals surface area contributed by atoms with Crippen molar-refractivity contribution < 1.29 is 8.42 Å². The lowest BCUT2D eigenvalue weighted by molar-refractivity contribution is 0.596. The zero-order valence-corrected chi connectivity index (χ0v) is 11.1. The third-order valence-electron chi connectivity index (χ3n) is 2.62. The van der Waals surface area contributed by atoms with Crippen molar-refractivity contribution in [2.75, 3.05) is 0 Å². The van der Waals surface area contributed by atoms with E-state index in [2.05, 4.69) is 0 Å². The predicted octanol–water partition coefficient (Wildman–Crippen LogP) is 3.53. The van der Waals surface area contributed by atoms with Gasteiger partial charge in [-0.2, -0.15) is 0 Å². The maximum Gasteiger partial charge on any atom is 0.256 e.